The maximum absolute atomic E-state index is 12.5. The van der Waals surface area contributed by atoms with Crippen LogP contribution in [0.15, 0.2) is 42.5 Å². The molecule has 0 bridgehead atoms. The van der Waals surface area contributed by atoms with E-state index in [9.17, 15) is 14.4 Å². The number of anilines is 1. The summed E-state index contributed by atoms with van der Waals surface area (Å²) in [7, 11) is 1.24. The largest absolute Gasteiger partial charge is 0.465 e. The van der Waals surface area contributed by atoms with E-state index in [0.29, 0.717) is 10.6 Å². The lowest BCUT2D eigenvalue weighted by molar-refractivity contribution is -0.125. The first-order chi connectivity index (χ1) is 12.0. The molecule has 0 fully saturated rings. The number of carbonyl (C=O) groups excluding carboxylic acids is 3. The van der Waals surface area contributed by atoms with Gasteiger partial charge in [-0.25, -0.2) is 9.59 Å². The number of hydrogen-bond donors (Lipinski definition) is 1. The summed E-state index contributed by atoms with van der Waals surface area (Å²) in [5.74, 6) is -1.71. The molecule has 0 aromatic heterocycles. The molecule has 6 nitrogen and oxygen atoms in total. The van der Waals surface area contributed by atoms with Gasteiger partial charge in [0.2, 0.25) is 0 Å². The molecule has 2 aromatic carbocycles. The molecule has 1 heterocycles. The SMILES string of the molecule is COC(=O)c1ccc(Cl)cc1NC(=O)C1Cc2ccccc2C(=O)O1. The molecule has 1 aliphatic rings. The van der Waals surface area contributed by atoms with Gasteiger partial charge >= 0.3 is 11.9 Å². The second kappa shape index (κ2) is 6.94. The van der Waals surface area contributed by atoms with E-state index in [1.807, 2.05) is 0 Å². The zero-order valence-electron chi connectivity index (χ0n) is 13.2. The fraction of sp³-hybridized carbons (Fsp3) is 0.167. The predicted molar refractivity (Wildman–Crippen MR) is 90.8 cm³/mol. The summed E-state index contributed by atoms with van der Waals surface area (Å²) < 4.78 is 9.89. The highest BCUT2D eigenvalue weighted by Crippen LogP contribution is 2.25. The van der Waals surface area contributed by atoms with Gasteiger partial charge in [0.05, 0.1) is 23.9 Å². The van der Waals surface area contributed by atoms with Crippen molar-refractivity contribution >= 4 is 35.1 Å². The molecule has 1 atom stereocenters. The van der Waals surface area contributed by atoms with Gasteiger partial charge in [-0.2, -0.15) is 0 Å². The van der Waals surface area contributed by atoms with Crippen LogP contribution in [0.1, 0.15) is 26.3 Å². The van der Waals surface area contributed by atoms with Crippen molar-refractivity contribution in [3.8, 4) is 0 Å². The molecule has 1 unspecified atom stereocenters. The van der Waals surface area contributed by atoms with Crippen LogP contribution in [0.25, 0.3) is 0 Å². The van der Waals surface area contributed by atoms with Gasteiger partial charge in [-0.15, -0.1) is 0 Å². The van der Waals surface area contributed by atoms with Gasteiger partial charge in [-0.3, -0.25) is 4.79 Å². The maximum atomic E-state index is 12.5. The lowest BCUT2D eigenvalue weighted by Crippen LogP contribution is -2.38. The van der Waals surface area contributed by atoms with Crippen molar-refractivity contribution in [3.63, 3.8) is 0 Å². The van der Waals surface area contributed by atoms with E-state index < -0.39 is 23.9 Å². The minimum absolute atomic E-state index is 0.155. The fourth-order valence-corrected chi connectivity index (χ4v) is 2.77. The van der Waals surface area contributed by atoms with Crippen LogP contribution in [-0.4, -0.2) is 31.1 Å². The average Bonchev–Trinajstić information content (AvgIpc) is 2.61. The summed E-state index contributed by atoms with van der Waals surface area (Å²) in [5, 5.41) is 2.93. The quantitative estimate of drug-likeness (QED) is 0.852. The van der Waals surface area contributed by atoms with E-state index >= 15 is 0 Å². The summed E-state index contributed by atoms with van der Waals surface area (Å²) in [5.41, 5.74) is 1.53. The molecule has 1 N–H and O–H groups in total. The Bertz CT molecular complexity index is 864. The molecule has 0 aliphatic carbocycles. The number of methoxy groups -OCH3 is 1. The molecule has 0 saturated heterocycles. The third-order valence-corrected chi connectivity index (χ3v) is 4.06. The van der Waals surface area contributed by atoms with E-state index in [2.05, 4.69) is 10.1 Å². The molecule has 2 aromatic rings. The summed E-state index contributed by atoms with van der Waals surface area (Å²) in [6.07, 6.45) is -0.742. The Balaban J connectivity index is 1.83. The highest BCUT2D eigenvalue weighted by atomic mass is 35.5. The first kappa shape index (κ1) is 17.0. The van der Waals surface area contributed by atoms with Crippen LogP contribution in [0, 0.1) is 0 Å². The van der Waals surface area contributed by atoms with Gasteiger partial charge in [-0.05, 0) is 29.8 Å². The molecule has 128 valence electrons. The van der Waals surface area contributed by atoms with Crippen molar-refractivity contribution in [2.45, 2.75) is 12.5 Å². The van der Waals surface area contributed by atoms with Crippen LogP contribution in [0.3, 0.4) is 0 Å². The third-order valence-electron chi connectivity index (χ3n) is 3.83. The molecule has 3 rings (SSSR count). The molecule has 0 radical (unpaired) electrons. The van der Waals surface area contributed by atoms with E-state index in [-0.39, 0.29) is 17.7 Å². The summed E-state index contributed by atoms with van der Waals surface area (Å²) in [6.45, 7) is 0. The lowest BCUT2D eigenvalue weighted by Gasteiger charge is -2.24. The van der Waals surface area contributed by atoms with Gasteiger partial charge < -0.3 is 14.8 Å². The first-order valence-electron chi connectivity index (χ1n) is 7.47. The molecular weight excluding hydrogens is 346 g/mol. The zero-order valence-corrected chi connectivity index (χ0v) is 14.0. The minimum Gasteiger partial charge on any atom is -0.465 e. The number of amides is 1. The molecule has 0 saturated carbocycles. The second-order valence-electron chi connectivity index (χ2n) is 5.43. The Hall–Kier alpha value is -2.86. The van der Waals surface area contributed by atoms with Crippen LogP contribution in [0.2, 0.25) is 5.02 Å². The number of hydrogen-bond acceptors (Lipinski definition) is 5. The van der Waals surface area contributed by atoms with E-state index in [1.54, 1.807) is 24.3 Å². The number of fused-ring (bicyclic) bond motifs is 1. The molecule has 1 aliphatic heterocycles. The van der Waals surface area contributed by atoms with Crippen molar-refractivity contribution in [3.05, 3.63) is 64.2 Å². The number of esters is 2. The summed E-state index contributed by atoms with van der Waals surface area (Å²) in [4.78, 5) is 36.4. The molecule has 1 amide bonds. The number of halogens is 1. The number of nitrogens with one attached hydrogen (secondary N) is 1. The Morgan fingerprint density at radius 3 is 2.76 bits per heavy atom. The highest BCUT2D eigenvalue weighted by Gasteiger charge is 2.31. The Kier molecular flexibility index (Phi) is 4.72. The molecule has 0 spiro atoms. The predicted octanol–water partition coefficient (Wildman–Crippen LogP) is 2.85. The van der Waals surface area contributed by atoms with Crippen LogP contribution in [-0.2, 0) is 20.7 Å². The topological polar surface area (TPSA) is 81.7 Å². The number of benzene rings is 2. The van der Waals surface area contributed by atoms with Gasteiger partial charge in [0.1, 0.15) is 0 Å². The van der Waals surface area contributed by atoms with Crippen molar-refractivity contribution in [2.75, 3.05) is 12.4 Å². The van der Waals surface area contributed by atoms with Crippen LogP contribution in [0.4, 0.5) is 5.69 Å². The number of ether oxygens (including phenoxy) is 2. The van der Waals surface area contributed by atoms with E-state index in [4.69, 9.17) is 16.3 Å². The maximum Gasteiger partial charge on any atom is 0.339 e. The fourth-order valence-electron chi connectivity index (χ4n) is 2.60. The zero-order chi connectivity index (χ0) is 18.0. The number of rotatable bonds is 3. The Morgan fingerprint density at radius 2 is 2.00 bits per heavy atom. The molecular formula is C18H14ClNO5. The lowest BCUT2D eigenvalue weighted by atomic mass is 9.98. The number of cyclic esters (lactones) is 1. The highest BCUT2D eigenvalue weighted by molar-refractivity contribution is 6.31. The minimum atomic E-state index is -0.994. The van der Waals surface area contributed by atoms with Crippen LogP contribution >= 0.6 is 11.6 Å². The van der Waals surface area contributed by atoms with E-state index in [1.165, 1.54) is 25.3 Å². The Labute approximate surface area is 148 Å². The van der Waals surface area contributed by atoms with Crippen molar-refractivity contribution in [2.24, 2.45) is 0 Å². The number of carbonyl (C=O) groups is 3. The van der Waals surface area contributed by atoms with Gasteiger partial charge in [0.25, 0.3) is 5.91 Å². The first-order valence-corrected chi connectivity index (χ1v) is 7.85. The van der Waals surface area contributed by atoms with Gasteiger partial charge in [-0.1, -0.05) is 29.8 Å². The Morgan fingerprint density at radius 1 is 1.24 bits per heavy atom. The van der Waals surface area contributed by atoms with Crippen molar-refractivity contribution in [1.29, 1.82) is 0 Å². The van der Waals surface area contributed by atoms with Crippen LogP contribution < -0.4 is 5.32 Å². The standard InChI is InChI=1S/C18H14ClNO5/c1-24-17(22)13-7-6-11(19)9-14(13)20-16(21)15-8-10-4-2-3-5-12(10)18(23)25-15/h2-7,9,15H,8H2,1H3,(H,20,21). The third kappa shape index (κ3) is 3.49. The average molecular weight is 360 g/mol. The monoisotopic (exact) mass is 359 g/mol. The normalized spacial score (nSPS) is 15.8. The smallest absolute Gasteiger partial charge is 0.339 e. The summed E-state index contributed by atoms with van der Waals surface area (Å²) in [6, 6.07) is 11.3. The van der Waals surface area contributed by atoms with Gasteiger partial charge in [0.15, 0.2) is 6.10 Å². The van der Waals surface area contributed by atoms with Gasteiger partial charge in [0, 0.05) is 11.4 Å². The summed E-state index contributed by atoms with van der Waals surface area (Å²) >= 11 is 5.94. The second-order valence-corrected chi connectivity index (χ2v) is 5.86. The van der Waals surface area contributed by atoms with Crippen molar-refractivity contribution in [1.82, 2.24) is 0 Å². The van der Waals surface area contributed by atoms with Crippen molar-refractivity contribution < 1.29 is 23.9 Å². The van der Waals surface area contributed by atoms with E-state index in [0.717, 1.165) is 5.56 Å². The molecule has 7 heteroatoms. The molecule has 25 heavy (non-hydrogen) atoms. The van der Waals surface area contributed by atoms with Crippen LogP contribution in [0.5, 0.6) is 0 Å².